The van der Waals surface area contributed by atoms with Gasteiger partial charge in [-0.2, -0.15) is 0 Å². The molecule has 0 saturated heterocycles. The van der Waals surface area contributed by atoms with Gasteiger partial charge in [-0.3, -0.25) is 4.79 Å². The van der Waals surface area contributed by atoms with Crippen LogP contribution in [0.1, 0.15) is 71.6 Å². The Morgan fingerprint density at radius 2 is 1.57 bits per heavy atom. The summed E-state index contributed by atoms with van der Waals surface area (Å²) in [6.45, 7) is 4.84. The molecule has 0 radical (unpaired) electrons. The van der Waals surface area contributed by atoms with Crippen molar-refractivity contribution in [3.63, 3.8) is 0 Å². The highest BCUT2D eigenvalue weighted by Gasteiger charge is 2.50. The molecule has 0 amide bonds. The van der Waals surface area contributed by atoms with Crippen molar-refractivity contribution in [1.82, 2.24) is 5.32 Å². The number of hydrogen-bond donors (Lipinski definition) is 2. The summed E-state index contributed by atoms with van der Waals surface area (Å²) in [6.07, 6.45) is 11.2. The summed E-state index contributed by atoms with van der Waals surface area (Å²) in [4.78, 5) is 11.6. The zero-order chi connectivity index (χ0) is 15.1. The molecule has 2 N–H and O–H groups in total. The zero-order valence-corrected chi connectivity index (χ0v) is 13.7. The molecule has 4 bridgehead atoms. The summed E-state index contributed by atoms with van der Waals surface area (Å²) in [5.74, 6) is 2.27. The molecule has 3 heteroatoms. The van der Waals surface area contributed by atoms with Crippen molar-refractivity contribution in [2.24, 2.45) is 23.2 Å². The van der Waals surface area contributed by atoms with Crippen molar-refractivity contribution < 1.29 is 9.90 Å². The van der Waals surface area contributed by atoms with Crippen LogP contribution in [0.2, 0.25) is 0 Å². The van der Waals surface area contributed by atoms with Gasteiger partial charge in [0.1, 0.15) is 5.54 Å². The van der Waals surface area contributed by atoms with Crippen LogP contribution in [0.5, 0.6) is 0 Å². The number of carbonyl (C=O) groups is 1. The van der Waals surface area contributed by atoms with Gasteiger partial charge in [-0.25, -0.2) is 0 Å². The molecule has 0 unspecified atom stereocenters. The molecule has 21 heavy (non-hydrogen) atoms. The number of aliphatic carboxylic acids is 1. The smallest absolute Gasteiger partial charge is 0.323 e. The molecule has 4 aliphatic rings. The van der Waals surface area contributed by atoms with Crippen LogP contribution in [0.25, 0.3) is 0 Å². The number of hydrogen-bond acceptors (Lipinski definition) is 2. The molecule has 0 atom stereocenters. The summed E-state index contributed by atoms with van der Waals surface area (Å²) < 4.78 is 0. The second kappa shape index (κ2) is 5.57. The number of nitrogens with one attached hydrogen (secondary N) is 1. The van der Waals surface area contributed by atoms with Gasteiger partial charge < -0.3 is 10.4 Å². The van der Waals surface area contributed by atoms with E-state index in [-0.39, 0.29) is 0 Å². The van der Waals surface area contributed by atoms with Crippen molar-refractivity contribution in [2.75, 3.05) is 6.54 Å². The van der Waals surface area contributed by atoms with Crippen molar-refractivity contribution in [3.8, 4) is 0 Å². The summed E-state index contributed by atoms with van der Waals surface area (Å²) >= 11 is 0. The van der Waals surface area contributed by atoms with Crippen LogP contribution in [0.3, 0.4) is 0 Å². The van der Waals surface area contributed by atoms with E-state index < -0.39 is 11.5 Å². The Balaban J connectivity index is 1.59. The fraction of sp³-hybridized carbons (Fsp3) is 0.944. The summed E-state index contributed by atoms with van der Waals surface area (Å²) in [5, 5.41) is 12.9. The fourth-order valence-electron chi connectivity index (χ4n) is 6.04. The van der Waals surface area contributed by atoms with Crippen molar-refractivity contribution >= 4 is 5.97 Å². The maximum Gasteiger partial charge on any atom is 0.323 e. The molecule has 0 heterocycles. The molecule has 4 fully saturated rings. The van der Waals surface area contributed by atoms with Gasteiger partial charge in [0.25, 0.3) is 0 Å². The first-order valence-corrected chi connectivity index (χ1v) is 8.99. The van der Waals surface area contributed by atoms with E-state index in [1.807, 2.05) is 13.8 Å². The van der Waals surface area contributed by atoms with Gasteiger partial charge in [0.2, 0.25) is 0 Å². The molecular weight excluding hydrogens is 262 g/mol. The standard InChI is InChI=1S/C18H31NO2/c1-3-18(4-2,16(20)21)19-6-5-17-10-13-7-14(11-17)9-15(8-13)12-17/h13-15,19H,3-12H2,1-2H3,(H,20,21). The molecule has 3 nitrogen and oxygen atoms in total. The molecule has 0 spiro atoms. The van der Waals surface area contributed by atoms with Crippen LogP contribution in [-0.4, -0.2) is 23.2 Å². The average molecular weight is 293 g/mol. The van der Waals surface area contributed by atoms with E-state index in [4.69, 9.17) is 0 Å². The topological polar surface area (TPSA) is 49.3 Å². The third-order valence-electron chi connectivity index (χ3n) is 6.90. The van der Waals surface area contributed by atoms with Gasteiger partial charge in [-0.15, -0.1) is 0 Å². The van der Waals surface area contributed by atoms with E-state index in [0.29, 0.717) is 18.3 Å². The maximum absolute atomic E-state index is 11.6. The molecule has 0 aliphatic heterocycles. The van der Waals surface area contributed by atoms with E-state index in [2.05, 4.69) is 5.32 Å². The first-order chi connectivity index (χ1) is 10.0. The average Bonchev–Trinajstić information content (AvgIpc) is 2.42. The lowest BCUT2D eigenvalue weighted by Gasteiger charge is -2.57. The van der Waals surface area contributed by atoms with Gasteiger partial charge >= 0.3 is 5.97 Å². The minimum Gasteiger partial charge on any atom is -0.480 e. The van der Waals surface area contributed by atoms with Crippen LogP contribution < -0.4 is 5.32 Å². The SMILES string of the molecule is CCC(CC)(NCCC12CC3CC(CC(C3)C1)C2)C(=O)O. The first-order valence-electron chi connectivity index (χ1n) is 8.99. The van der Waals surface area contributed by atoms with Crippen molar-refractivity contribution in [2.45, 2.75) is 77.2 Å². The van der Waals surface area contributed by atoms with Crippen LogP contribution in [0.4, 0.5) is 0 Å². The number of carboxylic acids is 1. The number of carboxylic acid groups (broad SMARTS) is 1. The van der Waals surface area contributed by atoms with Gasteiger partial charge in [-0.1, -0.05) is 13.8 Å². The molecule has 120 valence electrons. The fourth-order valence-corrected chi connectivity index (χ4v) is 6.04. The lowest BCUT2D eigenvalue weighted by molar-refractivity contribution is -0.145. The molecule has 0 aromatic rings. The molecule has 4 saturated carbocycles. The Morgan fingerprint density at radius 1 is 1.10 bits per heavy atom. The lowest BCUT2D eigenvalue weighted by atomic mass is 9.49. The highest BCUT2D eigenvalue weighted by molar-refractivity contribution is 5.78. The predicted molar refractivity (Wildman–Crippen MR) is 84.2 cm³/mol. The van der Waals surface area contributed by atoms with Gasteiger partial charge in [0, 0.05) is 0 Å². The van der Waals surface area contributed by atoms with Crippen molar-refractivity contribution in [3.05, 3.63) is 0 Å². The normalized spacial score (nSPS) is 37.9. The Hall–Kier alpha value is -0.570. The zero-order valence-electron chi connectivity index (χ0n) is 13.7. The Morgan fingerprint density at radius 3 is 1.95 bits per heavy atom. The van der Waals surface area contributed by atoms with E-state index in [1.54, 1.807) is 0 Å². The van der Waals surface area contributed by atoms with Gasteiger partial charge in [-0.05, 0) is 87.5 Å². The maximum atomic E-state index is 11.6. The summed E-state index contributed by atoms with van der Waals surface area (Å²) in [5.41, 5.74) is -0.157. The first kappa shape index (κ1) is 15.3. The molecule has 4 aliphatic carbocycles. The minimum absolute atomic E-state index is 0.549. The number of rotatable bonds is 7. The second-order valence-electron chi connectivity index (χ2n) is 8.19. The van der Waals surface area contributed by atoms with Gasteiger partial charge in [0.05, 0.1) is 0 Å². The van der Waals surface area contributed by atoms with Crippen LogP contribution in [0.15, 0.2) is 0 Å². The third kappa shape index (κ3) is 2.74. The van der Waals surface area contributed by atoms with E-state index in [1.165, 1.54) is 44.9 Å². The largest absolute Gasteiger partial charge is 0.480 e. The Kier molecular flexibility index (Phi) is 4.06. The van der Waals surface area contributed by atoms with Crippen molar-refractivity contribution in [1.29, 1.82) is 0 Å². The second-order valence-corrected chi connectivity index (χ2v) is 8.19. The van der Waals surface area contributed by atoms with E-state index in [9.17, 15) is 9.90 Å². The highest BCUT2D eigenvalue weighted by atomic mass is 16.4. The molecular formula is C18H31NO2. The monoisotopic (exact) mass is 293 g/mol. The van der Waals surface area contributed by atoms with Gasteiger partial charge in [0.15, 0.2) is 0 Å². The Bertz CT molecular complexity index is 365. The third-order valence-corrected chi connectivity index (χ3v) is 6.90. The molecule has 0 aromatic carbocycles. The Labute approximate surface area is 128 Å². The van der Waals surface area contributed by atoms with Crippen LogP contribution >= 0.6 is 0 Å². The van der Waals surface area contributed by atoms with Crippen LogP contribution in [0, 0.1) is 23.2 Å². The predicted octanol–water partition coefficient (Wildman–Crippen LogP) is 3.83. The van der Waals surface area contributed by atoms with Crippen LogP contribution in [-0.2, 0) is 4.79 Å². The molecule has 4 rings (SSSR count). The van der Waals surface area contributed by atoms with E-state index in [0.717, 1.165) is 24.3 Å². The molecule has 0 aromatic heterocycles. The minimum atomic E-state index is -0.706. The summed E-state index contributed by atoms with van der Waals surface area (Å²) in [6, 6.07) is 0. The highest BCUT2D eigenvalue weighted by Crippen LogP contribution is 2.61. The summed E-state index contributed by atoms with van der Waals surface area (Å²) in [7, 11) is 0. The lowest BCUT2D eigenvalue weighted by Crippen LogP contribution is -2.53. The quantitative estimate of drug-likeness (QED) is 0.750. The van der Waals surface area contributed by atoms with E-state index >= 15 is 0 Å².